The Hall–Kier alpha value is -1.05. The summed E-state index contributed by atoms with van der Waals surface area (Å²) in [4.78, 5) is 11.4. The lowest BCUT2D eigenvalue weighted by Gasteiger charge is -2.23. The molecule has 1 fully saturated rings. The van der Waals surface area contributed by atoms with Gasteiger partial charge in [0.15, 0.2) is 5.78 Å². The minimum atomic E-state index is 0.0609. The van der Waals surface area contributed by atoms with Crippen LogP contribution in [0, 0.1) is 0 Å². The molecule has 0 aromatic heterocycles. The van der Waals surface area contributed by atoms with Gasteiger partial charge in [-0.15, -0.1) is 0 Å². The Morgan fingerprint density at radius 3 is 3.17 bits per heavy atom. The third-order valence-corrected chi connectivity index (χ3v) is 2.32. The molecule has 2 nitrogen and oxygen atoms in total. The predicted molar refractivity (Wildman–Crippen MR) is 45.6 cm³/mol. The van der Waals surface area contributed by atoms with Crippen molar-refractivity contribution in [3.8, 4) is 0 Å². The van der Waals surface area contributed by atoms with Gasteiger partial charge in [0.1, 0.15) is 6.10 Å². The van der Waals surface area contributed by atoms with Crippen LogP contribution in [-0.4, -0.2) is 11.9 Å². The van der Waals surface area contributed by atoms with Gasteiger partial charge in [-0.25, -0.2) is 0 Å². The first-order valence-electron chi connectivity index (χ1n) is 4.37. The van der Waals surface area contributed by atoms with Gasteiger partial charge in [0.2, 0.25) is 0 Å². The maximum atomic E-state index is 11.4. The first kappa shape index (κ1) is 7.59. The summed E-state index contributed by atoms with van der Waals surface area (Å²) in [7, 11) is 0. The minimum absolute atomic E-state index is 0.0609. The fourth-order valence-electron chi connectivity index (χ4n) is 1.67. The lowest BCUT2D eigenvalue weighted by atomic mass is 9.87. The monoisotopic (exact) mass is 164 g/mol. The average molecular weight is 164 g/mol. The molecule has 1 heterocycles. The van der Waals surface area contributed by atoms with E-state index in [4.69, 9.17) is 4.74 Å². The Bertz CT molecular complexity index is 274. The minimum Gasteiger partial charge on any atom is -0.494 e. The van der Waals surface area contributed by atoms with E-state index in [-0.39, 0.29) is 11.9 Å². The molecule has 0 saturated heterocycles. The van der Waals surface area contributed by atoms with Gasteiger partial charge in [-0.3, -0.25) is 4.79 Å². The number of carbonyl (C=O) groups is 1. The van der Waals surface area contributed by atoms with Crippen molar-refractivity contribution in [3.05, 3.63) is 23.5 Å². The number of carbonyl (C=O) groups excluding carboxylic acids is 1. The van der Waals surface area contributed by atoms with E-state index in [0.717, 1.165) is 24.0 Å². The maximum absolute atomic E-state index is 11.4. The van der Waals surface area contributed by atoms with Gasteiger partial charge in [-0.2, -0.15) is 0 Å². The van der Waals surface area contributed by atoms with Crippen LogP contribution in [-0.2, 0) is 9.53 Å². The third kappa shape index (κ3) is 1.17. The highest BCUT2D eigenvalue weighted by Gasteiger charge is 2.23. The number of ether oxygens (including phenoxy) is 1. The zero-order chi connectivity index (χ0) is 8.55. The summed E-state index contributed by atoms with van der Waals surface area (Å²) in [6, 6.07) is 0. The number of Topliss-reactive ketones (excluding diaryl/α,β-unsaturated/α-hetero) is 1. The summed E-state index contributed by atoms with van der Waals surface area (Å²) in [5.41, 5.74) is 1.99. The van der Waals surface area contributed by atoms with Crippen LogP contribution in [0.15, 0.2) is 23.5 Å². The first-order chi connectivity index (χ1) is 5.77. The van der Waals surface area contributed by atoms with Gasteiger partial charge in [-0.05, 0) is 31.4 Å². The summed E-state index contributed by atoms with van der Waals surface area (Å²) in [6.07, 6.45) is 6.40. The normalized spacial score (nSPS) is 28.4. The first-order valence-corrected chi connectivity index (χ1v) is 4.37. The van der Waals surface area contributed by atoms with E-state index in [1.807, 2.05) is 13.0 Å². The SMILES string of the molecule is CC1C=C2C(=O)CCCC2=CO1. The number of allylic oxidation sites excluding steroid dienone is 2. The van der Waals surface area contributed by atoms with Gasteiger partial charge >= 0.3 is 0 Å². The molecule has 0 amide bonds. The highest BCUT2D eigenvalue weighted by Crippen LogP contribution is 2.29. The standard InChI is InChI=1S/C10H12O2/c1-7-5-9-8(6-12-7)3-2-4-10(9)11/h5-7H,2-4H2,1H3. The van der Waals surface area contributed by atoms with Crippen molar-refractivity contribution in [1.29, 1.82) is 0 Å². The van der Waals surface area contributed by atoms with Crippen LogP contribution in [0.5, 0.6) is 0 Å². The average Bonchev–Trinajstić information content (AvgIpc) is 2.07. The molecule has 1 unspecified atom stereocenters. The molecule has 2 rings (SSSR count). The van der Waals surface area contributed by atoms with Crippen molar-refractivity contribution in [1.82, 2.24) is 0 Å². The highest BCUT2D eigenvalue weighted by atomic mass is 16.5. The van der Waals surface area contributed by atoms with Crippen molar-refractivity contribution in [2.45, 2.75) is 32.3 Å². The van der Waals surface area contributed by atoms with Crippen LogP contribution in [0.4, 0.5) is 0 Å². The highest BCUT2D eigenvalue weighted by molar-refractivity contribution is 6.00. The van der Waals surface area contributed by atoms with Gasteiger partial charge in [0, 0.05) is 12.0 Å². The van der Waals surface area contributed by atoms with Gasteiger partial charge in [-0.1, -0.05) is 0 Å². The van der Waals surface area contributed by atoms with E-state index in [9.17, 15) is 4.79 Å². The molecule has 0 N–H and O–H groups in total. The molecular weight excluding hydrogens is 152 g/mol. The molecule has 0 spiro atoms. The lowest BCUT2D eigenvalue weighted by molar-refractivity contribution is -0.116. The number of ketones is 1. The molecular formula is C10H12O2. The van der Waals surface area contributed by atoms with E-state index in [2.05, 4.69) is 0 Å². The quantitative estimate of drug-likeness (QED) is 0.547. The Morgan fingerprint density at radius 2 is 2.33 bits per heavy atom. The summed E-state index contributed by atoms with van der Waals surface area (Å²) in [5, 5.41) is 0. The Labute approximate surface area is 71.9 Å². The third-order valence-electron chi connectivity index (χ3n) is 2.32. The molecule has 12 heavy (non-hydrogen) atoms. The zero-order valence-corrected chi connectivity index (χ0v) is 7.17. The number of hydrogen-bond acceptors (Lipinski definition) is 2. The van der Waals surface area contributed by atoms with Crippen LogP contribution in [0.25, 0.3) is 0 Å². The topological polar surface area (TPSA) is 26.3 Å². The van der Waals surface area contributed by atoms with Gasteiger partial charge in [0.25, 0.3) is 0 Å². The van der Waals surface area contributed by atoms with E-state index >= 15 is 0 Å². The van der Waals surface area contributed by atoms with Crippen molar-refractivity contribution in [2.75, 3.05) is 0 Å². The summed E-state index contributed by atoms with van der Waals surface area (Å²) < 4.78 is 5.30. The maximum Gasteiger partial charge on any atom is 0.163 e. The molecule has 0 bridgehead atoms. The molecule has 0 radical (unpaired) electrons. The van der Waals surface area contributed by atoms with E-state index in [0.29, 0.717) is 6.42 Å². The van der Waals surface area contributed by atoms with Crippen molar-refractivity contribution in [2.24, 2.45) is 0 Å². The second-order valence-electron chi connectivity index (χ2n) is 3.34. The molecule has 0 aromatic rings. The van der Waals surface area contributed by atoms with Crippen molar-refractivity contribution in [3.63, 3.8) is 0 Å². The molecule has 0 aromatic carbocycles. The number of fused-ring (bicyclic) bond motifs is 1. The second-order valence-corrected chi connectivity index (χ2v) is 3.34. The van der Waals surface area contributed by atoms with Crippen LogP contribution in [0.2, 0.25) is 0 Å². The molecule has 1 aliphatic carbocycles. The smallest absolute Gasteiger partial charge is 0.163 e. The second kappa shape index (κ2) is 2.77. The largest absolute Gasteiger partial charge is 0.494 e. The van der Waals surface area contributed by atoms with Gasteiger partial charge in [0.05, 0.1) is 6.26 Å². The van der Waals surface area contributed by atoms with Crippen LogP contribution < -0.4 is 0 Å². The number of rotatable bonds is 0. The fourth-order valence-corrected chi connectivity index (χ4v) is 1.67. The van der Waals surface area contributed by atoms with Crippen molar-refractivity contribution >= 4 is 5.78 Å². The van der Waals surface area contributed by atoms with E-state index < -0.39 is 0 Å². The molecule has 1 aliphatic heterocycles. The fraction of sp³-hybridized carbons (Fsp3) is 0.500. The van der Waals surface area contributed by atoms with Crippen LogP contribution in [0.3, 0.4) is 0 Å². The predicted octanol–water partition coefficient (Wildman–Crippen LogP) is 1.97. The molecule has 1 saturated carbocycles. The molecule has 1 atom stereocenters. The summed E-state index contributed by atoms with van der Waals surface area (Å²) in [6.45, 7) is 1.95. The van der Waals surface area contributed by atoms with Gasteiger partial charge < -0.3 is 4.74 Å². The van der Waals surface area contributed by atoms with Crippen LogP contribution >= 0.6 is 0 Å². The summed E-state index contributed by atoms with van der Waals surface area (Å²) >= 11 is 0. The Kier molecular flexibility index (Phi) is 1.75. The lowest BCUT2D eigenvalue weighted by Crippen LogP contribution is -2.18. The Morgan fingerprint density at radius 1 is 1.50 bits per heavy atom. The van der Waals surface area contributed by atoms with E-state index in [1.54, 1.807) is 6.26 Å². The Balaban J connectivity index is 2.31. The van der Waals surface area contributed by atoms with E-state index in [1.165, 1.54) is 0 Å². The number of hydrogen-bond donors (Lipinski definition) is 0. The van der Waals surface area contributed by atoms with Crippen LogP contribution in [0.1, 0.15) is 26.2 Å². The molecule has 2 aliphatic rings. The summed E-state index contributed by atoms with van der Waals surface area (Å²) in [5.74, 6) is 0.280. The zero-order valence-electron chi connectivity index (χ0n) is 7.17. The molecule has 64 valence electrons. The van der Waals surface area contributed by atoms with Crippen molar-refractivity contribution < 1.29 is 9.53 Å². The molecule has 2 heteroatoms.